The zero-order chi connectivity index (χ0) is 32.0. The normalized spacial score (nSPS) is 13.1. The molecule has 254 valence electrons. The zero-order valence-electron chi connectivity index (χ0n) is 28.9. The molecule has 0 saturated heterocycles. The number of esters is 1. The summed E-state index contributed by atoms with van der Waals surface area (Å²) in [6.07, 6.45) is 48.5. The molecule has 0 aromatic heterocycles. The first-order valence-corrected chi connectivity index (χ1v) is 18.4. The number of rotatable bonds is 33. The van der Waals surface area contributed by atoms with Gasteiger partial charge in [-0.2, -0.15) is 0 Å². The third-order valence-electron chi connectivity index (χ3n) is 7.63. The molecule has 0 spiro atoms. The lowest BCUT2D eigenvalue weighted by Gasteiger charge is -2.15. The van der Waals surface area contributed by atoms with Crippen LogP contribution in [0.1, 0.15) is 162 Å². The van der Waals surface area contributed by atoms with Gasteiger partial charge in [0.15, 0.2) is 0 Å². The van der Waals surface area contributed by atoms with Gasteiger partial charge < -0.3 is 14.6 Å². The first-order chi connectivity index (χ1) is 21.7. The van der Waals surface area contributed by atoms with Crippen LogP contribution in [0.5, 0.6) is 0 Å². The number of carbonyl (C=O) groups excluding carboxylic acids is 1. The molecular formula is C40H70O4. The van der Waals surface area contributed by atoms with Crippen molar-refractivity contribution < 1.29 is 19.4 Å². The van der Waals surface area contributed by atoms with Crippen molar-refractivity contribution in [2.24, 2.45) is 0 Å². The Morgan fingerprint density at radius 2 is 0.977 bits per heavy atom. The standard InChI is InChI=1S/C40H70O4/c1-3-5-7-9-11-13-15-17-19-21-23-25-27-29-31-33-35-40(42)44-39(37-41)38-43-36-34-32-30-28-26-24-22-20-18-16-14-12-10-8-6-4-2/h6,8,12,14,18,20,24,26,30,32,39,41H,3-5,7,9-11,13,15-17,19,21-23,25,27-29,31,33-38H2,1-2H3/b8-6-,14-12-,20-18-,26-24-,32-30-. The number of unbranched alkanes of at least 4 members (excludes halogenated alkanes) is 15. The Morgan fingerprint density at radius 3 is 1.41 bits per heavy atom. The van der Waals surface area contributed by atoms with E-state index in [9.17, 15) is 9.90 Å². The number of ether oxygens (including phenoxy) is 2. The molecular weight excluding hydrogens is 544 g/mol. The molecule has 0 aliphatic heterocycles. The Morgan fingerprint density at radius 1 is 0.568 bits per heavy atom. The molecule has 0 aromatic carbocycles. The van der Waals surface area contributed by atoms with Gasteiger partial charge in [0.25, 0.3) is 0 Å². The van der Waals surface area contributed by atoms with Gasteiger partial charge in [-0.15, -0.1) is 0 Å². The largest absolute Gasteiger partial charge is 0.457 e. The summed E-state index contributed by atoms with van der Waals surface area (Å²) in [4.78, 5) is 12.1. The maximum atomic E-state index is 12.1. The molecule has 0 aliphatic carbocycles. The summed E-state index contributed by atoms with van der Waals surface area (Å²) in [7, 11) is 0. The number of aliphatic hydroxyl groups is 1. The van der Waals surface area contributed by atoms with E-state index in [1.807, 2.05) is 0 Å². The summed E-state index contributed by atoms with van der Waals surface area (Å²) in [6.45, 7) is 5.02. The minimum Gasteiger partial charge on any atom is -0.457 e. The predicted octanol–water partition coefficient (Wildman–Crippen LogP) is 11.7. The van der Waals surface area contributed by atoms with Gasteiger partial charge in [0.2, 0.25) is 0 Å². The van der Waals surface area contributed by atoms with Crippen LogP contribution in [0.3, 0.4) is 0 Å². The summed E-state index contributed by atoms with van der Waals surface area (Å²) in [6, 6.07) is 0. The average molecular weight is 615 g/mol. The van der Waals surface area contributed by atoms with Crippen molar-refractivity contribution in [3.05, 3.63) is 60.8 Å². The highest BCUT2D eigenvalue weighted by atomic mass is 16.6. The molecule has 0 saturated carbocycles. The van der Waals surface area contributed by atoms with Crippen LogP contribution >= 0.6 is 0 Å². The van der Waals surface area contributed by atoms with Gasteiger partial charge >= 0.3 is 5.97 Å². The molecule has 1 N–H and O–H groups in total. The van der Waals surface area contributed by atoms with E-state index in [1.54, 1.807) is 0 Å². The second kappa shape index (κ2) is 37.3. The number of hydrogen-bond acceptors (Lipinski definition) is 4. The first-order valence-electron chi connectivity index (χ1n) is 18.4. The van der Waals surface area contributed by atoms with Gasteiger partial charge in [-0.3, -0.25) is 4.79 Å². The highest BCUT2D eigenvalue weighted by molar-refractivity contribution is 5.69. The minimum absolute atomic E-state index is 0.202. The Bertz CT molecular complexity index is 734. The van der Waals surface area contributed by atoms with Crippen LogP contribution in [-0.2, 0) is 14.3 Å². The fourth-order valence-electron chi connectivity index (χ4n) is 4.92. The Kier molecular flexibility index (Phi) is 35.7. The Hall–Kier alpha value is -1.91. The topological polar surface area (TPSA) is 55.8 Å². The van der Waals surface area contributed by atoms with Crippen molar-refractivity contribution in [3.8, 4) is 0 Å². The summed E-state index contributed by atoms with van der Waals surface area (Å²) in [5.41, 5.74) is 0. The van der Waals surface area contributed by atoms with Crippen LogP contribution in [0.4, 0.5) is 0 Å². The van der Waals surface area contributed by atoms with E-state index >= 15 is 0 Å². The van der Waals surface area contributed by atoms with Crippen molar-refractivity contribution >= 4 is 5.97 Å². The molecule has 0 aromatic rings. The average Bonchev–Trinajstić information content (AvgIpc) is 3.03. The van der Waals surface area contributed by atoms with E-state index < -0.39 is 6.10 Å². The molecule has 44 heavy (non-hydrogen) atoms. The molecule has 1 atom stereocenters. The first kappa shape index (κ1) is 42.1. The third-order valence-corrected chi connectivity index (χ3v) is 7.63. The van der Waals surface area contributed by atoms with Crippen LogP contribution in [0.15, 0.2) is 60.8 Å². The molecule has 4 nitrogen and oxygen atoms in total. The van der Waals surface area contributed by atoms with Gasteiger partial charge in [0.1, 0.15) is 6.10 Å². The second-order valence-electron chi connectivity index (χ2n) is 11.9. The van der Waals surface area contributed by atoms with E-state index in [0.717, 1.165) is 51.4 Å². The molecule has 0 amide bonds. The van der Waals surface area contributed by atoms with Crippen molar-refractivity contribution in [1.29, 1.82) is 0 Å². The van der Waals surface area contributed by atoms with E-state index in [-0.39, 0.29) is 19.2 Å². The summed E-state index contributed by atoms with van der Waals surface area (Å²) < 4.78 is 11.0. The van der Waals surface area contributed by atoms with Gasteiger partial charge in [-0.1, -0.05) is 171 Å². The molecule has 0 radical (unpaired) electrons. The van der Waals surface area contributed by atoms with Gasteiger partial charge in [-0.25, -0.2) is 0 Å². The quantitative estimate of drug-likeness (QED) is 0.0454. The monoisotopic (exact) mass is 615 g/mol. The molecule has 0 bridgehead atoms. The van der Waals surface area contributed by atoms with Crippen molar-refractivity contribution in [1.82, 2.24) is 0 Å². The van der Waals surface area contributed by atoms with Crippen LogP contribution in [0.2, 0.25) is 0 Å². The fraction of sp³-hybridized carbons (Fsp3) is 0.725. The molecule has 0 rings (SSSR count). The molecule has 0 fully saturated rings. The maximum absolute atomic E-state index is 12.1. The van der Waals surface area contributed by atoms with Crippen LogP contribution in [0, 0.1) is 0 Å². The van der Waals surface area contributed by atoms with Crippen LogP contribution < -0.4 is 0 Å². The third kappa shape index (κ3) is 34.6. The summed E-state index contributed by atoms with van der Waals surface area (Å²) in [5, 5.41) is 9.54. The molecule has 0 heterocycles. The van der Waals surface area contributed by atoms with Gasteiger partial charge in [0.05, 0.1) is 19.8 Å². The van der Waals surface area contributed by atoms with Crippen molar-refractivity contribution in [2.45, 2.75) is 168 Å². The lowest BCUT2D eigenvalue weighted by atomic mass is 10.0. The van der Waals surface area contributed by atoms with Gasteiger partial charge in [-0.05, 0) is 44.9 Å². The summed E-state index contributed by atoms with van der Waals surface area (Å²) >= 11 is 0. The number of hydrogen-bond donors (Lipinski definition) is 1. The Balaban J connectivity index is 3.56. The highest BCUT2D eigenvalue weighted by Crippen LogP contribution is 2.14. The SMILES string of the molecule is CC/C=C\C/C=C\C/C=C\C/C=C\C/C=C\CCOCC(CO)OC(=O)CCCCCCCCCCCCCCCCCC. The zero-order valence-corrected chi connectivity index (χ0v) is 28.9. The van der Waals surface area contributed by atoms with E-state index in [1.165, 1.54) is 89.9 Å². The number of allylic oxidation sites excluding steroid dienone is 9. The van der Waals surface area contributed by atoms with Gasteiger partial charge in [0, 0.05) is 6.42 Å². The van der Waals surface area contributed by atoms with Crippen molar-refractivity contribution in [3.63, 3.8) is 0 Å². The minimum atomic E-state index is -0.572. The number of carbonyl (C=O) groups is 1. The molecule has 4 heteroatoms. The van der Waals surface area contributed by atoms with Crippen LogP contribution in [0.25, 0.3) is 0 Å². The van der Waals surface area contributed by atoms with E-state index in [4.69, 9.17) is 9.47 Å². The lowest BCUT2D eigenvalue weighted by Crippen LogP contribution is -2.27. The maximum Gasteiger partial charge on any atom is 0.306 e. The molecule has 0 aliphatic rings. The molecule has 1 unspecified atom stereocenters. The Labute approximate surface area is 273 Å². The lowest BCUT2D eigenvalue weighted by molar-refractivity contribution is -0.154. The van der Waals surface area contributed by atoms with Crippen molar-refractivity contribution in [2.75, 3.05) is 19.8 Å². The van der Waals surface area contributed by atoms with Crippen LogP contribution in [-0.4, -0.2) is 37.0 Å². The second-order valence-corrected chi connectivity index (χ2v) is 11.9. The predicted molar refractivity (Wildman–Crippen MR) is 191 cm³/mol. The summed E-state index contributed by atoms with van der Waals surface area (Å²) in [5.74, 6) is -0.226. The van der Waals surface area contributed by atoms with E-state index in [2.05, 4.69) is 74.6 Å². The smallest absolute Gasteiger partial charge is 0.306 e. The fourth-order valence-corrected chi connectivity index (χ4v) is 4.92. The number of aliphatic hydroxyl groups excluding tert-OH is 1. The van der Waals surface area contributed by atoms with E-state index in [0.29, 0.717) is 13.0 Å². The highest BCUT2D eigenvalue weighted by Gasteiger charge is 2.13.